The number of hydrogen-bond donors (Lipinski definition) is 3. The molecule has 6 nitrogen and oxygen atoms in total. The second-order valence-electron chi connectivity index (χ2n) is 11.9. The number of carboxylic acids is 1. The fourth-order valence-electron chi connectivity index (χ4n) is 5.96. The second-order valence-corrected chi connectivity index (χ2v) is 15.1. The van der Waals surface area contributed by atoms with Gasteiger partial charge in [0.15, 0.2) is 5.71 Å². The third kappa shape index (κ3) is 8.34. The van der Waals surface area contributed by atoms with E-state index in [9.17, 15) is 14.7 Å². The molecule has 3 aromatic heterocycles. The van der Waals surface area contributed by atoms with Crippen LogP contribution < -0.4 is 10.2 Å². The first-order chi connectivity index (χ1) is 25.2. The number of benzene rings is 3. The van der Waals surface area contributed by atoms with E-state index in [1.165, 1.54) is 53.7 Å². The molecule has 7 rings (SSSR count). The van der Waals surface area contributed by atoms with E-state index < -0.39 is 17.6 Å². The van der Waals surface area contributed by atoms with Crippen LogP contribution in [-0.4, -0.2) is 29.2 Å². The SMILES string of the molecule is C/C(=C(\C(=N)C(=O)O)C(=O)Nc1ccccc1)c1cc2sc3cc(-c4ccc5c(c4)CCCN5c4ccc(C)cc4)sc3c2s1.C=C/C=C\C.CC. The Hall–Kier alpha value is -5.09. The molecule has 1 amide bonds. The number of aryl methyl sites for hydroxylation is 2. The summed E-state index contributed by atoms with van der Waals surface area (Å²) in [5.41, 5.74) is 6.48. The average molecular weight is 746 g/mol. The second kappa shape index (κ2) is 17.4. The van der Waals surface area contributed by atoms with Gasteiger partial charge in [-0.05, 0) is 98.8 Å². The topological polar surface area (TPSA) is 93.5 Å². The number of para-hydroxylation sites is 1. The van der Waals surface area contributed by atoms with E-state index in [1.54, 1.807) is 59.9 Å². The van der Waals surface area contributed by atoms with Crippen molar-refractivity contribution in [3.05, 3.63) is 131 Å². The van der Waals surface area contributed by atoms with Gasteiger partial charge in [-0.1, -0.05) is 80.6 Å². The third-order valence-electron chi connectivity index (χ3n) is 8.45. The fraction of sp³-hybridized carbons (Fsp3) is 0.186. The Labute approximate surface area is 317 Å². The number of nitrogens with one attached hydrogen (secondary N) is 2. The molecule has 0 atom stereocenters. The zero-order valence-corrected chi connectivity index (χ0v) is 32.5. The fourth-order valence-corrected chi connectivity index (χ4v) is 9.98. The number of anilines is 3. The van der Waals surface area contributed by atoms with Crippen LogP contribution in [0.4, 0.5) is 17.1 Å². The molecule has 266 valence electrons. The number of thiophene rings is 3. The van der Waals surface area contributed by atoms with Crippen LogP contribution in [-0.2, 0) is 16.0 Å². The molecule has 0 spiro atoms. The first-order valence-corrected chi connectivity index (χ1v) is 19.7. The van der Waals surface area contributed by atoms with Crippen LogP contribution in [0.3, 0.4) is 0 Å². The molecule has 0 saturated carbocycles. The van der Waals surface area contributed by atoms with Gasteiger partial charge in [-0.15, -0.1) is 34.0 Å². The summed E-state index contributed by atoms with van der Waals surface area (Å²) < 4.78 is 4.61. The highest BCUT2D eigenvalue weighted by Crippen LogP contribution is 2.48. The standard InChI is InChI=1S/C36H29N3O3S3.C5H8.C2H6/c1-20-10-13-25(14-11-20)39-16-6-7-22-17-23(12-15-26(22)39)28-19-30-34(45-28)33-29(43-30)18-27(44-33)21(2)31(32(37)36(41)42)35(40)38-24-8-4-3-5-9-24;1-3-5-4-2;1-2/h3-5,8-15,17-19,37H,6-7,16H2,1-2H3,(H,38,40)(H,41,42);3-5H,1H2,2H3;1-2H3/b31-21-,37-32?;5-4-;. The molecule has 0 unspecified atom stereocenters. The summed E-state index contributed by atoms with van der Waals surface area (Å²) in [7, 11) is 0. The zero-order valence-electron chi connectivity index (χ0n) is 30.1. The number of aliphatic carboxylic acids is 1. The Balaban J connectivity index is 0.000000690. The molecular formula is C43H43N3O3S3. The largest absolute Gasteiger partial charge is 0.477 e. The average Bonchev–Trinajstić information content (AvgIpc) is 3.85. The zero-order chi connectivity index (χ0) is 37.4. The molecule has 0 radical (unpaired) electrons. The monoisotopic (exact) mass is 745 g/mol. The van der Waals surface area contributed by atoms with Crippen molar-refractivity contribution in [3.63, 3.8) is 0 Å². The molecule has 52 heavy (non-hydrogen) atoms. The van der Waals surface area contributed by atoms with E-state index >= 15 is 0 Å². The van der Waals surface area contributed by atoms with E-state index in [4.69, 9.17) is 5.41 Å². The van der Waals surface area contributed by atoms with Gasteiger partial charge in [0.25, 0.3) is 5.91 Å². The van der Waals surface area contributed by atoms with E-state index in [2.05, 4.69) is 72.3 Å². The summed E-state index contributed by atoms with van der Waals surface area (Å²) in [5.74, 6) is -2.05. The molecular weight excluding hydrogens is 703 g/mol. The molecule has 0 saturated heterocycles. The van der Waals surface area contributed by atoms with Gasteiger partial charge >= 0.3 is 5.97 Å². The molecule has 4 heterocycles. The number of fused-ring (bicyclic) bond motifs is 4. The van der Waals surface area contributed by atoms with Gasteiger partial charge in [-0.25, -0.2) is 4.79 Å². The highest BCUT2D eigenvalue weighted by atomic mass is 32.1. The van der Waals surface area contributed by atoms with Crippen molar-refractivity contribution in [3.8, 4) is 10.4 Å². The van der Waals surface area contributed by atoms with Crippen molar-refractivity contribution in [2.45, 2.75) is 47.5 Å². The van der Waals surface area contributed by atoms with E-state index in [-0.39, 0.29) is 5.57 Å². The first kappa shape index (κ1) is 38.1. The van der Waals surface area contributed by atoms with E-state index in [0.717, 1.165) is 33.7 Å². The minimum Gasteiger partial charge on any atom is -0.477 e. The number of rotatable bonds is 8. The van der Waals surface area contributed by atoms with Gasteiger partial charge in [0.1, 0.15) is 0 Å². The normalized spacial score (nSPS) is 12.7. The lowest BCUT2D eigenvalue weighted by Crippen LogP contribution is -2.26. The van der Waals surface area contributed by atoms with Gasteiger partial charge < -0.3 is 15.3 Å². The molecule has 0 fully saturated rings. The maximum atomic E-state index is 13.2. The molecule has 6 aromatic rings. The van der Waals surface area contributed by atoms with Crippen molar-refractivity contribution in [2.75, 3.05) is 16.8 Å². The lowest BCUT2D eigenvalue weighted by molar-refractivity contribution is -0.129. The Morgan fingerprint density at radius 1 is 0.923 bits per heavy atom. The molecule has 3 aromatic carbocycles. The maximum Gasteiger partial charge on any atom is 0.354 e. The predicted molar refractivity (Wildman–Crippen MR) is 226 cm³/mol. The molecule has 1 aliphatic heterocycles. The number of allylic oxidation sites excluding steroid dienone is 4. The van der Waals surface area contributed by atoms with Crippen LogP contribution in [0.5, 0.6) is 0 Å². The van der Waals surface area contributed by atoms with E-state index in [1.807, 2.05) is 45.1 Å². The number of hydrogen-bond acceptors (Lipinski definition) is 7. The summed E-state index contributed by atoms with van der Waals surface area (Å²) in [5, 5.41) is 20.6. The highest BCUT2D eigenvalue weighted by Gasteiger charge is 2.26. The smallest absolute Gasteiger partial charge is 0.354 e. The van der Waals surface area contributed by atoms with Crippen molar-refractivity contribution < 1.29 is 14.7 Å². The molecule has 3 N–H and O–H groups in total. The summed E-state index contributed by atoms with van der Waals surface area (Å²) in [6, 6.07) is 28.7. The number of carbonyl (C=O) groups excluding carboxylic acids is 1. The predicted octanol–water partition coefficient (Wildman–Crippen LogP) is 12.5. The lowest BCUT2D eigenvalue weighted by Gasteiger charge is -2.31. The molecule has 9 heteroatoms. The van der Waals surface area contributed by atoms with Crippen molar-refractivity contribution in [2.24, 2.45) is 0 Å². The lowest BCUT2D eigenvalue weighted by atomic mass is 9.98. The van der Waals surface area contributed by atoms with Crippen LogP contribution in [0.15, 0.2) is 115 Å². The maximum absolute atomic E-state index is 13.2. The van der Waals surface area contributed by atoms with Gasteiger partial charge in [0.05, 0.1) is 15.0 Å². The number of nitrogens with zero attached hydrogens (tertiary/aromatic N) is 1. The number of carbonyl (C=O) groups is 2. The van der Waals surface area contributed by atoms with Crippen molar-refractivity contribution in [1.82, 2.24) is 0 Å². The molecule has 0 aliphatic carbocycles. The third-order valence-corrected chi connectivity index (χ3v) is 12.4. The Kier molecular flexibility index (Phi) is 12.8. The van der Waals surface area contributed by atoms with Crippen molar-refractivity contribution >= 4 is 93.0 Å². The highest BCUT2D eigenvalue weighted by molar-refractivity contribution is 7.39. The minimum absolute atomic E-state index is 0.142. The van der Waals surface area contributed by atoms with E-state index in [0.29, 0.717) is 11.3 Å². The van der Waals surface area contributed by atoms with Gasteiger partial charge in [-0.3, -0.25) is 10.2 Å². The Morgan fingerprint density at radius 3 is 2.27 bits per heavy atom. The van der Waals surface area contributed by atoms with Crippen LogP contribution in [0.1, 0.15) is 50.1 Å². The molecule has 1 aliphatic rings. The van der Waals surface area contributed by atoms with Crippen LogP contribution in [0.25, 0.3) is 34.8 Å². The minimum atomic E-state index is -1.44. The van der Waals surface area contributed by atoms with Gasteiger partial charge in [0, 0.05) is 42.8 Å². The van der Waals surface area contributed by atoms with Gasteiger partial charge in [-0.2, -0.15) is 0 Å². The van der Waals surface area contributed by atoms with Crippen molar-refractivity contribution in [1.29, 1.82) is 5.41 Å². The summed E-state index contributed by atoms with van der Waals surface area (Å²) in [6.45, 7) is 14.3. The number of amides is 1. The van der Waals surface area contributed by atoms with Gasteiger partial charge in [0.2, 0.25) is 0 Å². The molecule has 0 bridgehead atoms. The summed E-state index contributed by atoms with van der Waals surface area (Å²) in [4.78, 5) is 29.5. The van der Waals surface area contributed by atoms with Crippen LogP contribution >= 0.6 is 34.0 Å². The van der Waals surface area contributed by atoms with Crippen LogP contribution in [0, 0.1) is 12.3 Å². The quantitative estimate of drug-likeness (QED) is 0.0821. The van der Waals surface area contributed by atoms with Crippen LogP contribution in [0.2, 0.25) is 0 Å². The summed E-state index contributed by atoms with van der Waals surface area (Å²) in [6.07, 6.45) is 7.74. The summed E-state index contributed by atoms with van der Waals surface area (Å²) >= 11 is 5.00. The Bertz CT molecular complexity index is 2290. The first-order valence-electron chi connectivity index (χ1n) is 17.3. The number of carboxylic acid groups (broad SMARTS) is 1. The Morgan fingerprint density at radius 2 is 1.62 bits per heavy atom.